The van der Waals surface area contributed by atoms with Crippen LogP contribution in [0.25, 0.3) is 0 Å². The smallest absolute Gasteiger partial charge is 0.340 e. The Bertz CT molecular complexity index is 4970. The number of carboxylic acids is 2. The Morgan fingerprint density at radius 1 is 0.624 bits per heavy atom. The van der Waals surface area contributed by atoms with Crippen LogP contribution in [-0.2, 0) is 108 Å². The van der Waals surface area contributed by atoms with Crippen molar-refractivity contribution >= 4 is 135 Å². The number of rotatable bonds is 42. The number of fused-ring (bicyclic) bond motifs is 6. The SMILES string of the molecule is CC(C)[C@H](NC(=O)[C@H](CCCNC(=N)N)NC(=O)[C@H](CO)NC(=O)COCCOCCNC(=S)Nc1ccc2c(c1)C(=O)OC21c2ccc(O)cc2Oc2cc(O)ccc21)C(=O)N[C@H](C(=O)N1CCC[C@H]1C(=O)N[C@H]1CCNC(=O)CC[C@H](C(=O)N[C@@H](CC(=O)O)C(=O)N[C@@H](C)C(=O)N[C@@H](CC(=O)O)C(N)=O)NC(=O)[C@H](Cc2ccccc2)NC(=O)[C@H](CCC(N)=O)NC1=O)C(C)C. The van der Waals surface area contributed by atoms with E-state index in [0.29, 0.717) is 27.9 Å². The number of primary amides is 2. The number of aliphatic carboxylic acids is 2. The van der Waals surface area contributed by atoms with Crippen LogP contribution >= 0.6 is 12.2 Å². The number of likely N-dealkylation sites (tertiary alicyclic amines) is 1. The van der Waals surface area contributed by atoms with Gasteiger partial charge in [-0.25, -0.2) is 4.79 Å². The number of thiocarbonyl (C=S) groups is 1. The number of guanidine groups is 1. The quantitative estimate of drug-likeness (QED) is 0.00650. The summed E-state index contributed by atoms with van der Waals surface area (Å²) in [7, 11) is 0. The van der Waals surface area contributed by atoms with Crippen LogP contribution in [0.4, 0.5) is 5.69 Å². The molecule has 4 aromatic carbocycles. The van der Waals surface area contributed by atoms with Crippen LogP contribution in [0, 0.1) is 17.2 Å². The number of carboxylic acid groups (broad SMARTS) is 2. The number of amides is 15. The number of anilines is 1. The molecule has 12 atom stereocenters. The third kappa shape index (κ3) is 29.8. The van der Waals surface area contributed by atoms with Crippen molar-refractivity contribution in [3.63, 3.8) is 0 Å². The molecule has 0 aromatic heterocycles. The van der Waals surface area contributed by atoms with Crippen LogP contribution in [0.2, 0.25) is 0 Å². The van der Waals surface area contributed by atoms with E-state index in [1.165, 1.54) is 29.2 Å². The van der Waals surface area contributed by atoms with E-state index in [4.69, 9.17) is 53.8 Å². The number of esters is 1. The minimum absolute atomic E-state index is 0.0139. The van der Waals surface area contributed by atoms with Crippen molar-refractivity contribution in [2.45, 2.75) is 190 Å². The number of nitrogens with one attached hydrogen (secondary N) is 16. The number of nitrogens with zero attached hydrogens (tertiary/aromatic N) is 1. The predicted octanol–water partition coefficient (Wildman–Crippen LogP) is -4.86. The summed E-state index contributed by atoms with van der Waals surface area (Å²) in [6, 6.07) is 2.04. The zero-order chi connectivity index (χ0) is 97.7. The number of aliphatic hydroxyl groups is 1. The molecule has 15 amide bonds. The van der Waals surface area contributed by atoms with Gasteiger partial charge >= 0.3 is 17.9 Å². The van der Waals surface area contributed by atoms with Gasteiger partial charge in [-0.05, 0) is 118 Å². The van der Waals surface area contributed by atoms with E-state index in [2.05, 4.69) is 74.4 Å². The molecule has 0 aliphatic carbocycles. The average Bonchev–Trinajstić information content (AvgIpc) is 1.54. The van der Waals surface area contributed by atoms with E-state index in [0.717, 1.165) is 6.92 Å². The summed E-state index contributed by atoms with van der Waals surface area (Å²) in [5.74, 6) is -21.0. The fourth-order valence-corrected chi connectivity index (χ4v) is 15.0. The number of phenolic OH excluding ortho intramolecular Hbond substituents is 2. The van der Waals surface area contributed by atoms with E-state index in [1.54, 1.807) is 88.4 Å². The zero-order valence-electron chi connectivity index (χ0n) is 73.3. The van der Waals surface area contributed by atoms with Gasteiger partial charge in [0.25, 0.3) is 0 Å². The number of nitrogens with two attached hydrogens (primary N) is 3. The monoisotopic (exact) mass is 1880 g/mol. The number of hydrogen-bond donors (Lipinski definition) is 24. The second kappa shape index (κ2) is 49.0. The maximum absolute atomic E-state index is 14.9. The molecule has 1 spiro atoms. The maximum Gasteiger partial charge on any atom is 0.340 e. The lowest BCUT2D eigenvalue weighted by atomic mass is 9.77. The number of phenols is 2. The minimum Gasteiger partial charge on any atom is -0.508 e. The average molecular weight is 1880 g/mol. The van der Waals surface area contributed by atoms with Gasteiger partial charge in [0.1, 0.15) is 102 Å². The summed E-state index contributed by atoms with van der Waals surface area (Å²) in [6.07, 6.45) is -5.13. The first-order chi connectivity index (χ1) is 63.1. The lowest BCUT2D eigenvalue weighted by Crippen LogP contribution is -2.62. The van der Waals surface area contributed by atoms with E-state index in [1.807, 2.05) is 5.32 Å². The summed E-state index contributed by atoms with van der Waals surface area (Å²) in [6.45, 7) is 5.46. The molecule has 133 heavy (non-hydrogen) atoms. The van der Waals surface area contributed by atoms with Crippen LogP contribution in [0.15, 0.2) is 84.9 Å². The largest absolute Gasteiger partial charge is 0.508 e. The number of carbonyl (C=O) groups is 18. The molecule has 720 valence electrons. The molecule has 4 heterocycles. The fraction of sp³-hybridized carbons (Fsp3) is 0.482. The molecule has 27 N–H and O–H groups in total. The second-order valence-corrected chi connectivity index (χ2v) is 32.8. The zero-order valence-corrected chi connectivity index (χ0v) is 74.1. The van der Waals surface area contributed by atoms with Crippen molar-refractivity contribution < 1.29 is 131 Å². The third-order valence-corrected chi connectivity index (χ3v) is 21.9. The number of aromatic hydroxyl groups is 2. The van der Waals surface area contributed by atoms with Crippen molar-refractivity contribution in [3.8, 4) is 23.0 Å². The van der Waals surface area contributed by atoms with Gasteiger partial charge in [-0.3, -0.25) is 86.9 Å². The van der Waals surface area contributed by atoms with E-state index in [-0.39, 0.29) is 105 Å². The summed E-state index contributed by atoms with van der Waals surface area (Å²) >= 11 is 5.50. The Labute approximate surface area is 766 Å². The molecule has 4 aromatic rings. The topological polar surface area (TPSA) is 731 Å². The number of benzene rings is 4. The lowest BCUT2D eigenvalue weighted by molar-refractivity contribution is -0.143. The van der Waals surface area contributed by atoms with Gasteiger partial charge in [0.15, 0.2) is 16.7 Å². The van der Waals surface area contributed by atoms with Gasteiger partial charge in [-0.15, -0.1) is 0 Å². The third-order valence-electron chi connectivity index (χ3n) is 21.6. The molecular formula is C85H112N20O27S. The number of hydrogen-bond acceptors (Lipinski definition) is 27. The molecule has 8 rings (SSSR count). The second-order valence-electron chi connectivity index (χ2n) is 32.4. The van der Waals surface area contributed by atoms with Crippen LogP contribution < -0.4 is 102 Å². The number of carbonyl (C=O) groups excluding carboxylic acids is 16. The lowest BCUT2D eigenvalue weighted by Gasteiger charge is -2.36. The van der Waals surface area contributed by atoms with E-state index in [9.17, 15) is 112 Å². The van der Waals surface area contributed by atoms with E-state index < -0.39 is 267 Å². The Hall–Kier alpha value is -14.4. The van der Waals surface area contributed by atoms with Crippen LogP contribution in [-0.4, -0.2) is 280 Å². The first-order valence-corrected chi connectivity index (χ1v) is 43.1. The van der Waals surface area contributed by atoms with Crippen molar-refractivity contribution in [3.05, 3.63) is 113 Å². The predicted molar refractivity (Wildman–Crippen MR) is 471 cm³/mol. The summed E-state index contributed by atoms with van der Waals surface area (Å²) in [5, 5.41) is 95.5. The highest BCUT2D eigenvalue weighted by atomic mass is 32.1. The first kappa shape index (κ1) is 104. The summed E-state index contributed by atoms with van der Waals surface area (Å²) < 4.78 is 23.2. The van der Waals surface area contributed by atoms with Gasteiger partial charge < -0.3 is 146 Å². The van der Waals surface area contributed by atoms with Crippen LogP contribution in [0.1, 0.15) is 138 Å². The van der Waals surface area contributed by atoms with Crippen LogP contribution in [0.5, 0.6) is 23.0 Å². The van der Waals surface area contributed by atoms with Crippen LogP contribution in [0.3, 0.4) is 0 Å². The molecule has 0 bridgehead atoms. The normalized spacial score (nSPS) is 18.5. The molecule has 2 fully saturated rings. The van der Waals surface area contributed by atoms with Gasteiger partial charge in [-0.1, -0.05) is 64.1 Å². The molecule has 2 saturated heterocycles. The number of ether oxygens (including phenoxy) is 4. The summed E-state index contributed by atoms with van der Waals surface area (Å²) in [5.41, 5.74) is 17.2. The minimum atomic E-state index is -2.04. The van der Waals surface area contributed by atoms with Gasteiger partial charge in [0.05, 0.1) is 44.8 Å². The Balaban J connectivity index is 0.866. The fourth-order valence-electron chi connectivity index (χ4n) is 14.8. The van der Waals surface area contributed by atoms with Crippen molar-refractivity contribution in [1.82, 2.24) is 79.3 Å². The highest BCUT2D eigenvalue weighted by Gasteiger charge is 2.54. The first-order valence-electron chi connectivity index (χ1n) is 42.6. The molecular weight excluding hydrogens is 1770 g/mol. The van der Waals surface area contributed by atoms with E-state index >= 15 is 0 Å². The van der Waals surface area contributed by atoms with Gasteiger partial charge in [0, 0.05) is 80.0 Å². The molecule has 0 unspecified atom stereocenters. The standard InChI is InChI=1S/C85H112N20O27S/c1-41(2)68(103-75(121)52(13-9-26-91-83(88)89)96-78(124)59(39-106)95-65(111)40-130-32-31-129-30-28-92-84(133)94-45-15-18-49-48(34-45)82(128)132-85(49)50-19-16-46(107)35-61(50)131-62-36-47(108)17-20-51(62)85)80(126)104-69(42(3)4)81(127)105-29-10-14-60(105)79(125)99-55-25-27-90-64(110)24-22-54(73(119)102-58(38-67(114)115)76(122)93-43(5)71(117)100-56(70(87)116)37-66(112)113)98-77(123)57(33-44-11-7-6-8-12-44)101-72(118)53(97-74(55)120)21-23-63(86)109/h6-8,11-12,15-20,34-36,41-43,52-60,68-69,106-108H,9-10,13-14,21-33,37-40H2,1-5H3,(H2,86,109)(H2,87,116)(H,90,110)(H,93,122)(H,95,111)(H,96,124)(H,97,120)(H,98,123)(H,99,125)(H,100,117)(H,101,118)(H,102,119)(H,103,121)(H,104,126)(H,112,113)(H,114,115)(H4,88,89,91)(H2,92,94,133)/t43-,52-,53-,54+,55-,56-,57-,58-,59-,60-,68-,69-/m0/s1. The Kier molecular flexibility index (Phi) is 38.3. The molecule has 4 aliphatic heterocycles. The summed E-state index contributed by atoms with van der Waals surface area (Å²) in [4.78, 5) is 247. The van der Waals surface area contributed by atoms with Crippen molar-refractivity contribution in [2.24, 2.45) is 29.0 Å². The maximum atomic E-state index is 14.9. The Morgan fingerprint density at radius 2 is 1.23 bits per heavy atom. The van der Waals surface area contributed by atoms with Crippen molar-refractivity contribution in [2.75, 3.05) is 64.5 Å². The molecule has 4 aliphatic rings. The Morgan fingerprint density at radius 3 is 1.86 bits per heavy atom. The molecule has 0 saturated carbocycles. The molecule has 48 heteroatoms. The van der Waals surface area contributed by atoms with Crippen molar-refractivity contribution in [1.29, 1.82) is 5.41 Å². The number of aliphatic hydroxyl groups excluding tert-OH is 1. The highest BCUT2D eigenvalue weighted by molar-refractivity contribution is 7.80. The van der Waals surface area contributed by atoms with Gasteiger partial charge in [0.2, 0.25) is 88.6 Å². The molecule has 47 nitrogen and oxygen atoms in total. The van der Waals surface area contributed by atoms with Gasteiger partial charge in [-0.2, -0.15) is 0 Å². The molecule has 0 radical (unpaired) electrons. The highest BCUT2D eigenvalue weighted by Crippen LogP contribution is 2.57.